The maximum absolute atomic E-state index is 12.9. The molecule has 1 heterocycles. The Kier molecular flexibility index (Phi) is 5.43. The maximum atomic E-state index is 12.9. The number of alkyl halides is 5. The molecule has 0 bridgehead atoms. The zero-order chi connectivity index (χ0) is 15.5. The third-order valence-corrected chi connectivity index (χ3v) is 3.13. The molecule has 20 heavy (non-hydrogen) atoms. The topological polar surface area (TPSA) is 39.2 Å². The highest BCUT2D eigenvalue weighted by Gasteiger charge is 2.36. The number of aromatic nitrogens is 1. The molecule has 0 aromatic carbocycles. The Labute approximate surface area is 119 Å². The number of hydrogen-bond acceptors (Lipinski definition) is 3. The molecule has 0 saturated heterocycles. The molecule has 0 aliphatic heterocycles. The number of ether oxygens (including phenoxy) is 1. The first-order valence-electron chi connectivity index (χ1n) is 5.36. The van der Waals surface area contributed by atoms with Gasteiger partial charge in [-0.2, -0.15) is 13.2 Å². The highest BCUT2D eigenvalue weighted by atomic mass is 79.9. The van der Waals surface area contributed by atoms with Crippen LogP contribution in [-0.4, -0.2) is 17.6 Å². The van der Waals surface area contributed by atoms with Crippen LogP contribution in [0.4, 0.5) is 22.0 Å². The SMILES string of the molecule is CCOC(=O)Cc1ncc(C(F)(F)F)c(Br)c1C(F)F. The van der Waals surface area contributed by atoms with Crippen molar-refractivity contribution in [1.29, 1.82) is 0 Å². The molecular weight excluding hydrogens is 353 g/mol. The van der Waals surface area contributed by atoms with E-state index in [9.17, 15) is 26.7 Å². The molecule has 1 aromatic heterocycles. The Morgan fingerprint density at radius 2 is 2.05 bits per heavy atom. The molecule has 1 rings (SSSR count). The molecule has 0 unspecified atom stereocenters. The minimum atomic E-state index is -4.82. The summed E-state index contributed by atoms with van der Waals surface area (Å²) in [4.78, 5) is 14.6. The van der Waals surface area contributed by atoms with Gasteiger partial charge < -0.3 is 4.74 Å². The number of halogens is 6. The van der Waals surface area contributed by atoms with Crippen molar-refractivity contribution in [3.8, 4) is 0 Å². The van der Waals surface area contributed by atoms with E-state index in [-0.39, 0.29) is 6.61 Å². The predicted molar refractivity (Wildman–Crippen MR) is 62.2 cm³/mol. The summed E-state index contributed by atoms with van der Waals surface area (Å²) in [5.41, 5.74) is -2.72. The predicted octanol–water partition coefficient (Wildman–Crippen LogP) is 3.91. The van der Waals surface area contributed by atoms with E-state index in [1.807, 2.05) is 0 Å². The summed E-state index contributed by atoms with van der Waals surface area (Å²) in [5, 5.41) is 0. The van der Waals surface area contributed by atoms with Crippen molar-refractivity contribution in [2.24, 2.45) is 0 Å². The summed E-state index contributed by atoms with van der Waals surface area (Å²) in [6.45, 7) is 1.55. The van der Waals surface area contributed by atoms with Crippen molar-refractivity contribution >= 4 is 21.9 Å². The molecule has 0 aliphatic carbocycles. The van der Waals surface area contributed by atoms with Gasteiger partial charge in [0.25, 0.3) is 6.43 Å². The number of esters is 1. The molecule has 0 radical (unpaired) electrons. The monoisotopic (exact) mass is 361 g/mol. The van der Waals surface area contributed by atoms with Gasteiger partial charge in [-0.25, -0.2) is 8.78 Å². The van der Waals surface area contributed by atoms with Gasteiger partial charge in [-0.1, -0.05) is 0 Å². The lowest BCUT2D eigenvalue weighted by molar-refractivity contribution is -0.142. The molecule has 0 fully saturated rings. The Morgan fingerprint density at radius 1 is 1.45 bits per heavy atom. The number of nitrogens with zero attached hydrogens (tertiary/aromatic N) is 1. The van der Waals surface area contributed by atoms with Gasteiger partial charge in [-0.15, -0.1) is 0 Å². The average molecular weight is 362 g/mol. The number of pyridine rings is 1. The van der Waals surface area contributed by atoms with E-state index in [1.165, 1.54) is 6.92 Å². The minimum absolute atomic E-state index is 0.0324. The van der Waals surface area contributed by atoms with Crippen molar-refractivity contribution in [3.63, 3.8) is 0 Å². The van der Waals surface area contributed by atoms with E-state index in [2.05, 4.69) is 25.7 Å². The Balaban J connectivity index is 3.27. The van der Waals surface area contributed by atoms with E-state index in [0.717, 1.165) is 0 Å². The van der Waals surface area contributed by atoms with Gasteiger partial charge in [0.2, 0.25) is 0 Å². The largest absolute Gasteiger partial charge is 0.466 e. The second kappa shape index (κ2) is 6.47. The van der Waals surface area contributed by atoms with Crippen LogP contribution in [0, 0.1) is 0 Å². The second-order valence-electron chi connectivity index (χ2n) is 3.63. The van der Waals surface area contributed by atoms with Gasteiger partial charge in [-0.05, 0) is 22.9 Å². The third kappa shape index (κ3) is 3.87. The first-order chi connectivity index (χ1) is 9.18. The normalized spacial score (nSPS) is 11.8. The lowest BCUT2D eigenvalue weighted by Crippen LogP contribution is -2.15. The summed E-state index contributed by atoms with van der Waals surface area (Å²) in [6, 6.07) is 0. The summed E-state index contributed by atoms with van der Waals surface area (Å²) in [5.74, 6) is -0.839. The van der Waals surface area contributed by atoms with Crippen LogP contribution >= 0.6 is 15.9 Å². The van der Waals surface area contributed by atoms with E-state index >= 15 is 0 Å². The van der Waals surface area contributed by atoms with Crippen molar-refractivity contribution in [1.82, 2.24) is 4.98 Å². The number of rotatable bonds is 4. The highest BCUT2D eigenvalue weighted by Crippen LogP contribution is 2.40. The molecule has 1 aromatic rings. The summed E-state index contributed by atoms with van der Waals surface area (Å²) in [7, 11) is 0. The van der Waals surface area contributed by atoms with Gasteiger partial charge in [-0.3, -0.25) is 9.78 Å². The first-order valence-corrected chi connectivity index (χ1v) is 6.16. The van der Waals surface area contributed by atoms with Crippen LogP contribution in [0.5, 0.6) is 0 Å². The fourth-order valence-electron chi connectivity index (χ4n) is 1.45. The standard InChI is InChI=1S/C11H9BrF5NO2/c1-2-20-7(19)3-6-8(10(13)14)9(12)5(4-18-6)11(15,16)17/h4,10H,2-3H2,1H3. The van der Waals surface area contributed by atoms with Crippen LogP contribution in [0.1, 0.15) is 30.2 Å². The molecule has 0 aliphatic rings. The second-order valence-corrected chi connectivity index (χ2v) is 4.42. The number of carbonyl (C=O) groups excluding carboxylic acids is 1. The number of carbonyl (C=O) groups is 1. The summed E-state index contributed by atoms with van der Waals surface area (Å²) >= 11 is 2.51. The average Bonchev–Trinajstić information content (AvgIpc) is 2.26. The van der Waals surface area contributed by atoms with Crippen LogP contribution in [0.15, 0.2) is 10.7 Å². The van der Waals surface area contributed by atoms with Crippen LogP contribution < -0.4 is 0 Å². The summed E-state index contributed by atoms with van der Waals surface area (Å²) < 4.78 is 67.4. The van der Waals surface area contributed by atoms with Crippen LogP contribution in [0.3, 0.4) is 0 Å². The van der Waals surface area contributed by atoms with Crippen molar-refractivity contribution in [2.45, 2.75) is 25.9 Å². The maximum Gasteiger partial charge on any atom is 0.418 e. The van der Waals surface area contributed by atoms with Crippen LogP contribution in [-0.2, 0) is 22.1 Å². The molecule has 0 amide bonds. The minimum Gasteiger partial charge on any atom is -0.466 e. The van der Waals surface area contributed by atoms with Gasteiger partial charge in [0, 0.05) is 10.7 Å². The van der Waals surface area contributed by atoms with Crippen molar-refractivity contribution < 1.29 is 31.5 Å². The molecule has 0 N–H and O–H groups in total. The quantitative estimate of drug-likeness (QED) is 0.602. The summed E-state index contributed by atoms with van der Waals surface area (Å²) in [6.07, 6.45) is -8.24. The van der Waals surface area contributed by atoms with E-state index in [0.29, 0.717) is 6.20 Å². The van der Waals surface area contributed by atoms with E-state index < -0.39 is 46.3 Å². The van der Waals surface area contributed by atoms with Crippen molar-refractivity contribution in [2.75, 3.05) is 6.61 Å². The molecule has 0 spiro atoms. The lowest BCUT2D eigenvalue weighted by atomic mass is 10.1. The fourth-order valence-corrected chi connectivity index (χ4v) is 2.18. The van der Waals surface area contributed by atoms with Gasteiger partial charge >= 0.3 is 12.1 Å². The van der Waals surface area contributed by atoms with E-state index in [4.69, 9.17) is 0 Å². The molecule has 0 saturated carbocycles. The molecule has 3 nitrogen and oxygen atoms in total. The highest BCUT2D eigenvalue weighted by molar-refractivity contribution is 9.10. The Hall–Kier alpha value is -1.25. The Morgan fingerprint density at radius 3 is 2.50 bits per heavy atom. The zero-order valence-corrected chi connectivity index (χ0v) is 11.7. The van der Waals surface area contributed by atoms with Gasteiger partial charge in [0.15, 0.2) is 0 Å². The smallest absolute Gasteiger partial charge is 0.418 e. The van der Waals surface area contributed by atoms with Crippen molar-refractivity contribution in [3.05, 3.63) is 27.5 Å². The van der Waals surface area contributed by atoms with Gasteiger partial charge in [0.05, 0.1) is 29.8 Å². The van der Waals surface area contributed by atoms with Crippen LogP contribution in [0.25, 0.3) is 0 Å². The third-order valence-electron chi connectivity index (χ3n) is 2.27. The lowest BCUT2D eigenvalue weighted by Gasteiger charge is -2.15. The molecule has 9 heteroatoms. The first kappa shape index (κ1) is 16.8. The van der Waals surface area contributed by atoms with Crippen LogP contribution in [0.2, 0.25) is 0 Å². The molecule has 112 valence electrons. The number of hydrogen-bond donors (Lipinski definition) is 0. The Bertz CT molecular complexity index is 504. The zero-order valence-electron chi connectivity index (χ0n) is 10.1. The van der Waals surface area contributed by atoms with Gasteiger partial charge in [0.1, 0.15) is 0 Å². The fraction of sp³-hybridized carbons (Fsp3) is 0.455. The molecular formula is C11H9BrF5NO2. The molecule has 0 atom stereocenters. The van der Waals surface area contributed by atoms with E-state index in [1.54, 1.807) is 0 Å².